The zero-order valence-corrected chi connectivity index (χ0v) is 13.7. The number of piperidine rings is 1. The number of methoxy groups -OCH3 is 1. The molecule has 0 N–H and O–H groups in total. The SMILES string of the molecule is CCN(CCC(=O)OC)C(=O)C1CCN(S(C)(=O)=O)CC1. The summed E-state index contributed by atoms with van der Waals surface area (Å²) in [5.41, 5.74) is 0. The molecule has 1 heterocycles. The summed E-state index contributed by atoms with van der Waals surface area (Å²) in [6.45, 7) is 3.49. The average molecular weight is 320 g/mol. The van der Waals surface area contributed by atoms with Crippen molar-refractivity contribution in [1.29, 1.82) is 0 Å². The predicted octanol–water partition coefficient (Wildman–Crippen LogP) is 0.0696. The van der Waals surface area contributed by atoms with Crippen LogP contribution in [0.2, 0.25) is 0 Å². The van der Waals surface area contributed by atoms with Crippen LogP contribution in [-0.4, -0.2) is 69.0 Å². The first-order valence-corrected chi connectivity index (χ1v) is 8.95. The highest BCUT2D eigenvalue weighted by Crippen LogP contribution is 2.21. The van der Waals surface area contributed by atoms with Crippen molar-refractivity contribution in [3.63, 3.8) is 0 Å². The molecule has 122 valence electrons. The molecule has 1 rings (SSSR count). The van der Waals surface area contributed by atoms with Crippen LogP contribution in [0.25, 0.3) is 0 Å². The fourth-order valence-corrected chi connectivity index (χ4v) is 3.32. The van der Waals surface area contributed by atoms with E-state index in [0.717, 1.165) is 0 Å². The first-order valence-electron chi connectivity index (χ1n) is 7.10. The largest absolute Gasteiger partial charge is 0.469 e. The Bertz CT molecular complexity index is 469. The Balaban J connectivity index is 2.53. The molecule has 8 heteroatoms. The Hall–Kier alpha value is -1.15. The smallest absolute Gasteiger partial charge is 0.307 e. The number of carbonyl (C=O) groups is 2. The van der Waals surface area contributed by atoms with Gasteiger partial charge < -0.3 is 9.64 Å². The quantitative estimate of drug-likeness (QED) is 0.647. The van der Waals surface area contributed by atoms with Crippen molar-refractivity contribution in [3.8, 4) is 0 Å². The molecule has 0 aromatic rings. The number of ether oxygens (including phenoxy) is 1. The van der Waals surface area contributed by atoms with E-state index >= 15 is 0 Å². The molecule has 1 fully saturated rings. The van der Waals surface area contributed by atoms with Crippen molar-refractivity contribution >= 4 is 21.9 Å². The summed E-state index contributed by atoms with van der Waals surface area (Å²) in [6, 6.07) is 0. The van der Waals surface area contributed by atoms with Gasteiger partial charge in [-0.25, -0.2) is 12.7 Å². The maximum Gasteiger partial charge on any atom is 0.307 e. The van der Waals surface area contributed by atoms with Gasteiger partial charge in [-0.1, -0.05) is 0 Å². The second-order valence-corrected chi connectivity index (χ2v) is 7.16. The molecule has 0 radical (unpaired) electrons. The highest BCUT2D eigenvalue weighted by atomic mass is 32.2. The van der Waals surface area contributed by atoms with Crippen LogP contribution in [0, 0.1) is 5.92 Å². The maximum atomic E-state index is 12.4. The molecule has 0 unspecified atom stereocenters. The number of amides is 1. The lowest BCUT2D eigenvalue weighted by Crippen LogP contribution is -2.44. The number of hydrogen-bond acceptors (Lipinski definition) is 5. The summed E-state index contributed by atoms with van der Waals surface area (Å²) < 4.78 is 28.9. The molecule has 0 saturated carbocycles. The molecule has 7 nitrogen and oxygen atoms in total. The summed E-state index contributed by atoms with van der Waals surface area (Å²) in [4.78, 5) is 25.2. The first-order chi connectivity index (χ1) is 9.79. The fraction of sp³-hybridized carbons (Fsp3) is 0.846. The molecule has 1 amide bonds. The molecule has 21 heavy (non-hydrogen) atoms. The predicted molar refractivity (Wildman–Crippen MR) is 78.0 cm³/mol. The number of sulfonamides is 1. The van der Waals surface area contributed by atoms with Crippen LogP contribution in [0.5, 0.6) is 0 Å². The number of esters is 1. The molecule has 0 aliphatic carbocycles. The third kappa shape index (κ3) is 5.28. The van der Waals surface area contributed by atoms with Crippen molar-refractivity contribution in [2.24, 2.45) is 5.92 Å². The Morgan fingerprint density at radius 3 is 2.29 bits per heavy atom. The van der Waals surface area contributed by atoms with Crippen LogP contribution in [-0.2, 0) is 24.3 Å². The minimum atomic E-state index is -3.18. The Morgan fingerprint density at radius 2 is 1.86 bits per heavy atom. The van der Waals surface area contributed by atoms with Gasteiger partial charge in [-0.3, -0.25) is 9.59 Å². The van der Waals surface area contributed by atoms with Crippen LogP contribution in [0.4, 0.5) is 0 Å². The normalized spacial score (nSPS) is 17.5. The second kappa shape index (κ2) is 7.74. The Labute approximate surface area is 126 Å². The molecule has 1 aliphatic heterocycles. The molecule has 1 saturated heterocycles. The summed E-state index contributed by atoms with van der Waals surface area (Å²) in [6.07, 6.45) is 2.42. The van der Waals surface area contributed by atoms with Gasteiger partial charge in [-0.2, -0.15) is 0 Å². The van der Waals surface area contributed by atoms with E-state index in [1.165, 1.54) is 17.7 Å². The number of hydrogen-bond donors (Lipinski definition) is 0. The molecular formula is C13H24N2O5S. The number of carbonyl (C=O) groups excluding carboxylic acids is 2. The molecule has 1 aliphatic rings. The van der Waals surface area contributed by atoms with Crippen molar-refractivity contribution in [3.05, 3.63) is 0 Å². The second-order valence-electron chi connectivity index (χ2n) is 5.18. The van der Waals surface area contributed by atoms with Crippen molar-refractivity contribution < 1.29 is 22.7 Å². The zero-order chi connectivity index (χ0) is 16.0. The summed E-state index contributed by atoms with van der Waals surface area (Å²) in [7, 11) is -1.86. The van der Waals surface area contributed by atoms with E-state index in [1.54, 1.807) is 4.90 Å². The van der Waals surface area contributed by atoms with Crippen LogP contribution in [0.1, 0.15) is 26.2 Å². The van der Waals surface area contributed by atoms with Crippen molar-refractivity contribution in [2.45, 2.75) is 26.2 Å². The van der Waals surface area contributed by atoms with Gasteiger partial charge in [0.1, 0.15) is 0 Å². The van der Waals surface area contributed by atoms with Crippen LogP contribution in [0.15, 0.2) is 0 Å². The van der Waals surface area contributed by atoms with Gasteiger partial charge in [0.25, 0.3) is 0 Å². The van der Waals surface area contributed by atoms with Crippen LogP contribution < -0.4 is 0 Å². The highest BCUT2D eigenvalue weighted by molar-refractivity contribution is 7.88. The molecule has 0 aromatic carbocycles. The van der Waals surface area contributed by atoms with Crippen molar-refractivity contribution in [2.75, 3.05) is 39.5 Å². The van der Waals surface area contributed by atoms with Gasteiger partial charge in [0, 0.05) is 32.1 Å². The topological polar surface area (TPSA) is 84.0 Å². The molecule has 0 aromatic heterocycles. The Kier molecular flexibility index (Phi) is 6.60. The summed E-state index contributed by atoms with van der Waals surface area (Å²) in [5, 5.41) is 0. The van der Waals surface area contributed by atoms with Crippen molar-refractivity contribution in [1.82, 2.24) is 9.21 Å². The molecular weight excluding hydrogens is 296 g/mol. The average Bonchev–Trinajstić information content (AvgIpc) is 2.46. The van der Waals surface area contributed by atoms with Gasteiger partial charge in [0.2, 0.25) is 15.9 Å². The molecule has 0 bridgehead atoms. The highest BCUT2D eigenvalue weighted by Gasteiger charge is 2.31. The summed E-state index contributed by atoms with van der Waals surface area (Å²) in [5.74, 6) is -0.511. The molecule has 0 spiro atoms. The minimum Gasteiger partial charge on any atom is -0.469 e. The van der Waals surface area contributed by atoms with E-state index in [1.807, 2.05) is 6.92 Å². The zero-order valence-electron chi connectivity index (χ0n) is 12.9. The lowest BCUT2D eigenvalue weighted by atomic mass is 9.96. The Morgan fingerprint density at radius 1 is 1.29 bits per heavy atom. The van der Waals surface area contributed by atoms with Gasteiger partial charge >= 0.3 is 5.97 Å². The van der Waals surface area contributed by atoms with E-state index < -0.39 is 10.0 Å². The van der Waals surface area contributed by atoms with E-state index in [-0.39, 0.29) is 24.2 Å². The first kappa shape index (κ1) is 17.9. The number of rotatable bonds is 6. The molecule has 0 atom stereocenters. The summed E-state index contributed by atoms with van der Waals surface area (Å²) >= 11 is 0. The lowest BCUT2D eigenvalue weighted by Gasteiger charge is -2.32. The van der Waals surface area contributed by atoms with Gasteiger partial charge in [-0.15, -0.1) is 0 Å². The maximum absolute atomic E-state index is 12.4. The third-order valence-corrected chi connectivity index (χ3v) is 5.08. The van der Waals surface area contributed by atoms with Crippen LogP contribution >= 0.6 is 0 Å². The standard InChI is InChI=1S/C13H24N2O5S/c1-4-14(8-7-12(16)20-2)13(17)11-5-9-15(10-6-11)21(3,18)19/h11H,4-10H2,1-3H3. The minimum absolute atomic E-state index is 0.00504. The van der Waals surface area contributed by atoms with E-state index in [4.69, 9.17) is 0 Å². The fourth-order valence-electron chi connectivity index (χ4n) is 2.45. The van der Waals surface area contributed by atoms with Gasteiger partial charge in [-0.05, 0) is 19.8 Å². The van der Waals surface area contributed by atoms with Crippen LogP contribution in [0.3, 0.4) is 0 Å². The monoisotopic (exact) mass is 320 g/mol. The van der Waals surface area contributed by atoms with E-state index in [9.17, 15) is 18.0 Å². The van der Waals surface area contributed by atoms with Gasteiger partial charge in [0.15, 0.2) is 0 Å². The lowest BCUT2D eigenvalue weighted by molar-refractivity contribution is -0.142. The van der Waals surface area contributed by atoms with E-state index in [2.05, 4.69) is 4.74 Å². The van der Waals surface area contributed by atoms with E-state index in [0.29, 0.717) is 39.0 Å². The van der Waals surface area contributed by atoms with Gasteiger partial charge in [0.05, 0.1) is 19.8 Å². The third-order valence-electron chi connectivity index (χ3n) is 3.78. The number of nitrogens with zero attached hydrogens (tertiary/aromatic N) is 2.